The van der Waals surface area contributed by atoms with E-state index in [0.717, 1.165) is 0 Å². The molecule has 1 heterocycles. The van der Waals surface area contributed by atoms with E-state index in [1.165, 1.54) is 18.2 Å². The molecule has 0 radical (unpaired) electrons. The third-order valence-corrected chi connectivity index (χ3v) is 4.03. The van der Waals surface area contributed by atoms with E-state index >= 15 is 0 Å². The Balaban J connectivity index is 2.31. The second-order valence-corrected chi connectivity index (χ2v) is 5.85. The zero-order valence-electron chi connectivity index (χ0n) is 10.6. The average Bonchev–Trinajstić information content (AvgIpc) is 2.50. The molecule has 1 N–H and O–H groups in total. The van der Waals surface area contributed by atoms with Gasteiger partial charge in [-0.05, 0) is 18.2 Å². The van der Waals surface area contributed by atoms with Crippen LogP contribution in [0.4, 0.5) is 17.6 Å². The van der Waals surface area contributed by atoms with E-state index < -0.39 is 37.0 Å². The van der Waals surface area contributed by atoms with Crippen molar-refractivity contribution in [1.82, 2.24) is 5.32 Å². The Morgan fingerprint density at radius 1 is 1.20 bits per heavy atom. The first-order valence-electron chi connectivity index (χ1n) is 6.03. The summed E-state index contributed by atoms with van der Waals surface area (Å²) in [7, 11) is 0. The molecule has 1 aliphatic rings. The quantitative estimate of drug-likeness (QED) is 0.838. The van der Waals surface area contributed by atoms with Crippen LogP contribution in [0.2, 0.25) is 0 Å². The van der Waals surface area contributed by atoms with E-state index in [-0.39, 0.29) is 18.7 Å². The Bertz CT molecular complexity index is 471. The van der Waals surface area contributed by atoms with Crippen LogP contribution in [0.3, 0.4) is 0 Å². The summed E-state index contributed by atoms with van der Waals surface area (Å²) < 4.78 is 58.9. The predicted molar refractivity (Wildman–Crippen MR) is 70.4 cm³/mol. The number of halogens is 5. The van der Waals surface area contributed by atoms with Crippen LogP contribution < -0.4 is 5.32 Å². The molecule has 0 spiro atoms. The summed E-state index contributed by atoms with van der Waals surface area (Å²) in [5.41, 5.74) is -2.97. The van der Waals surface area contributed by atoms with Crippen molar-refractivity contribution < 1.29 is 22.3 Å². The Morgan fingerprint density at radius 3 is 2.40 bits per heavy atom. The van der Waals surface area contributed by atoms with Crippen LogP contribution in [0.5, 0.6) is 0 Å². The lowest BCUT2D eigenvalue weighted by Gasteiger charge is -2.44. The molecule has 0 aliphatic carbocycles. The van der Waals surface area contributed by atoms with Gasteiger partial charge in [0.25, 0.3) is 0 Å². The maximum atomic E-state index is 13.9. The number of nitrogens with one attached hydrogen (secondary N) is 1. The second-order valence-electron chi connectivity index (χ2n) is 4.93. The second kappa shape index (κ2) is 5.99. The highest BCUT2D eigenvalue weighted by Gasteiger charge is 2.46. The van der Waals surface area contributed by atoms with Crippen LogP contribution in [0.15, 0.2) is 22.7 Å². The highest BCUT2D eigenvalue weighted by molar-refractivity contribution is 9.10. The van der Waals surface area contributed by atoms with Crippen molar-refractivity contribution in [3.05, 3.63) is 34.1 Å². The number of benzene rings is 1. The molecule has 2 nitrogen and oxygen atoms in total. The monoisotopic (exact) mass is 355 g/mol. The van der Waals surface area contributed by atoms with Gasteiger partial charge in [0.1, 0.15) is 31.4 Å². The van der Waals surface area contributed by atoms with E-state index in [1.807, 2.05) is 0 Å². The normalized spacial score (nSPS) is 25.6. The van der Waals surface area contributed by atoms with Crippen LogP contribution in [0, 0.1) is 5.82 Å². The summed E-state index contributed by atoms with van der Waals surface area (Å²) in [6.07, 6.45) is 0. The highest BCUT2D eigenvalue weighted by atomic mass is 79.9. The molecule has 20 heavy (non-hydrogen) atoms. The molecule has 1 aliphatic heterocycles. The van der Waals surface area contributed by atoms with E-state index in [1.54, 1.807) is 0 Å². The van der Waals surface area contributed by atoms with Crippen LogP contribution >= 0.6 is 15.9 Å². The SMILES string of the molecule is FCC1(CF)CN[C@](CF)(c2cc(Br)ccc2F)CO1. The van der Waals surface area contributed by atoms with Crippen molar-refractivity contribution in [1.29, 1.82) is 0 Å². The third-order valence-electron chi connectivity index (χ3n) is 3.53. The fourth-order valence-electron chi connectivity index (χ4n) is 2.11. The van der Waals surface area contributed by atoms with Gasteiger partial charge in [0.2, 0.25) is 0 Å². The molecule has 1 fully saturated rings. The van der Waals surface area contributed by atoms with Gasteiger partial charge in [0.15, 0.2) is 0 Å². The molecule has 112 valence electrons. The Kier molecular flexibility index (Phi) is 4.71. The van der Waals surface area contributed by atoms with Gasteiger partial charge in [-0.3, -0.25) is 0 Å². The summed E-state index contributed by atoms with van der Waals surface area (Å²) in [6, 6.07) is 4.12. The van der Waals surface area contributed by atoms with E-state index in [4.69, 9.17) is 4.74 Å². The topological polar surface area (TPSA) is 21.3 Å². The lowest BCUT2D eigenvalue weighted by Crippen LogP contribution is -2.63. The summed E-state index contributed by atoms with van der Waals surface area (Å²) in [5, 5.41) is 2.72. The van der Waals surface area contributed by atoms with Gasteiger partial charge in [-0.1, -0.05) is 15.9 Å². The first-order chi connectivity index (χ1) is 9.51. The molecule has 1 atom stereocenters. The molecular weight excluding hydrogens is 342 g/mol. The Labute approximate surface area is 122 Å². The third kappa shape index (κ3) is 2.71. The molecule has 7 heteroatoms. The largest absolute Gasteiger partial charge is 0.366 e. The van der Waals surface area contributed by atoms with Crippen LogP contribution in [0.1, 0.15) is 5.56 Å². The van der Waals surface area contributed by atoms with Crippen molar-refractivity contribution in [2.75, 3.05) is 33.2 Å². The van der Waals surface area contributed by atoms with Gasteiger partial charge in [-0.15, -0.1) is 0 Å². The van der Waals surface area contributed by atoms with Gasteiger partial charge < -0.3 is 10.1 Å². The smallest absolute Gasteiger partial charge is 0.137 e. The van der Waals surface area contributed by atoms with E-state index in [0.29, 0.717) is 4.47 Å². The zero-order valence-corrected chi connectivity index (χ0v) is 12.2. The average molecular weight is 356 g/mol. The number of alkyl halides is 3. The number of hydrogen-bond donors (Lipinski definition) is 1. The minimum absolute atomic E-state index is 0.0701. The van der Waals surface area contributed by atoms with Crippen molar-refractivity contribution >= 4 is 15.9 Å². The van der Waals surface area contributed by atoms with Crippen molar-refractivity contribution in [3.8, 4) is 0 Å². The zero-order chi connectivity index (χ0) is 14.8. The maximum Gasteiger partial charge on any atom is 0.137 e. The van der Waals surface area contributed by atoms with Gasteiger partial charge in [-0.2, -0.15) is 0 Å². The van der Waals surface area contributed by atoms with Gasteiger partial charge in [0, 0.05) is 16.6 Å². The molecule has 0 saturated carbocycles. The fourth-order valence-corrected chi connectivity index (χ4v) is 2.47. The number of hydrogen-bond acceptors (Lipinski definition) is 2. The van der Waals surface area contributed by atoms with E-state index in [9.17, 15) is 17.6 Å². The molecule has 0 amide bonds. The molecule has 0 bridgehead atoms. The summed E-state index contributed by atoms with van der Waals surface area (Å²) in [6.45, 7) is -3.57. The van der Waals surface area contributed by atoms with Crippen LogP contribution in [0.25, 0.3) is 0 Å². The van der Waals surface area contributed by atoms with Crippen molar-refractivity contribution in [2.45, 2.75) is 11.1 Å². The Hall–Kier alpha value is -0.660. The minimum atomic E-state index is -1.61. The van der Waals surface area contributed by atoms with Gasteiger partial charge in [-0.25, -0.2) is 17.6 Å². The fraction of sp³-hybridized carbons (Fsp3) is 0.538. The molecule has 0 aromatic heterocycles. The molecular formula is C13H14BrF4NO. The van der Waals surface area contributed by atoms with Crippen molar-refractivity contribution in [2.24, 2.45) is 0 Å². The van der Waals surface area contributed by atoms with Crippen LogP contribution in [-0.2, 0) is 10.3 Å². The first kappa shape index (κ1) is 15.7. The molecule has 1 aromatic rings. The van der Waals surface area contributed by atoms with Gasteiger partial charge >= 0.3 is 0 Å². The first-order valence-corrected chi connectivity index (χ1v) is 6.82. The summed E-state index contributed by atoms with van der Waals surface area (Å²) in [4.78, 5) is 0. The minimum Gasteiger partial charge on any atom is -0.366 e. The highest BCUT2D eigenvalue weighted by Crippen LogP contribution is 2.33. The number of rotatable bonds is 4. The van der Waals surface area contributed by atoms with Gasteiger partial charge in [0.05, 0.1) is 12.1 Å². The summed E-state index contributed by atoms with van der Waals surface area (Å²) >= 11 is 3.19. The lowest BCUT2D eigenvalue weighted by atomic mass is 9.88. The predicted octanol–water partition coefficient (Wildman–Crippen LogP) is 3.05. The Morgan fingerprint density at radius 2 is 1.90 bits per heavy atom. The van der Waals surface area contributed by atoms with Crippen LogP contribution in [-0.4, -0.2) is 38.8 Å². The molecule has 1 saturated heterocycles. The summed E-state index contributed by atoms with van der Waals surface area (Å²) in [5.74, 6) is -0.602. The number of morpholine rings is 1. The lowest BCUT2D eigenvalue weighted by molar-refractivity contribution is -0.134. The molecule has 2 rings (SSSR count). The number of ether oxygens (including phenoxy) is 1. The molecule has 0 unspecified atom stereocenters. The van der Waals surface area contributed by atoms with E-state index in [2.05, 4.69) is 21.2 Å². The standard InChI is InChI=1S/C13H14BrF4NO/c14-9-1-2-11(18)10(3-9)13(6-17)8-20-12(4-15,5-16)7-19-13/h1-3,19H,4-8H2/t13-/m0/s1. The maximum absolute atomic E-state index is 13.9. The molecule has 1 aromatic carbocycles. The van der Waals surface area contributed by atoms with Crippen molar-refractivity contribution in [3.63, 3.8) is 0 Å².